The van der Waals surface area contributed by atoms with Gasteiger partial charge in [-0.25, -0.2) is 0 Å². The van der Waals surface area contributed by atoms with E-state index in [9.17, 15) is 0 Å². The third kappa shape index (κ3) is 3.94. The Kier molecular flexibility index (Phi) is 5.42. The summed E-state index contributed by atoms with van der Waals surface area (Å²) in [6.45, 7) is 0.851. The molecule has 1 aliphatic heterocycles. The molecule has 98 valence electrons. The predicted octanol–water partition coefficient (Wildman–Crippen LogP) is 3.71. The maximum absolute atomic E-state index is 5.88. The molecule has 1 N–H and O–H groups in total. The fourth-order valence-corrected chi connectivity index (χ4v) is 3.12. The Morgan fingerprint density at radius 1 is 1.39 bits per heavy atom. The molecule has 2 nitrogen and oxygen atoms in total. The molecule has 2 rings (SSSR count). The van der Waals surface area contributed by atoms with E-state index < -0.39 is 0 Å². The van der Waals surface area contributed by atoms with E-state index in [0.717, 1.165) is 30.2 Å². The Morgan fingerprint density at radius 3 is 2.78 bits per heavy atom. The van der Waals surface area contributed by atoms with Crippen molar-refractivity contribution in [3.8, 4) is 0 Å². The molecule has 1 unspecified atom stereocenters. The number of hydrogen-bond acceptors (Lipinski definition) is 3. The first kappa shape index (κ1) is 13.8. The molecule has 1 aromatic rings. The molecule has 0 saturated heterocycles. The predicted molar refractivity (Wildman–Crippen MR) is 78.3 cm³/mol. The number of nitrogens with one attached hydrogen (secondary N) is 1. The topological polar surface area (TPSA) is 21.3 Å². The van der Waals surface area contributed by atoms with Gasteiger partial charge in [-0.15, -0.1) is 11.8 Å². The Labute approximate surface area is 118 Å². The maximum Gasteiger partial charge on any atom is 0.0876 e. The van der Waals surface area contributed by atoms with Crippen LogP contribution in [0.4, 0.5) is 0 Å². The Hall–Kier alpha value is -0.640. The van der Waals surface area contributed by atoms with Crippen molar-refractivity contribution in [2.24, 2.45) is 0 Å². The van der Waals surface area contributed by atoms with E-state index in [0.29, 0.717) is 6.04 Å². The zero-order valence-electron chi connectivity index (χ0n) is 10.5. The molecule has 0 amide bonds. The zero-order valence-corrected chi connectivity index (χ0v) is 12.1. The largest absolute Gasteiger partial charge is 0.501 e. The first-order valence-electron chi connectivity index (χ1n) is 6.16. The second kappa shape index (κ2) is 7.07. The van der Waals surface area contributed by atoms with Crippen molar-refractivity contribution in [1.29, 1.82) is 0 Å². The van der Waals surface area contributed by atoms with Gasteiger partial charge in [0.15, 0.2) is 0 Å². The molecule has 0 bridgehead atoms. The van der Waals surface area contributed by atoms with Gasteiger partial charge in [0.1, 0.15) is 0 Å². The third-order valence-electron chi connectivity index (χ3n) is 2.99. The molecule has 18 heavy (non-hydrogen) atoms. The molecule has 1 aromatic carbocycles. The summed E-state index contributed by atoms with van der Waals surface area (Å²) < 4.78 is 5.40. The van der Waals surface area contributed by atoms with Crippen LogP contribution in [0.2, 0.25) is 5.02 Å². The zero-order chi connectivity index (χ0) is 12.8. The second-order valence-corrected chi connectivity index (χ2v) is 5.80. The highest BCUT2D eigenvalue weighted by Crippen LogP contribution is 2.24. The van der Waals surface area contributed by atoms with Gasteiger partial charge in [0.25, 0.3) is 0 Å². The van der Waals surface area contributed by atoms with Crippen molar-refractivity contribution in [2.75, 3.05) is 19.4 Å². The summed E-state index contributed by atoms with van der Waals surface area (Å²) >= 11 is 7.71. The number of likely N-dealkylation sites (N-methyl/N-ethyl adjacent to an activating group) is 1. The molecule has 0 radical (unpaired) electrons. The highest BCUT2D eigenvalue weighted by atomic mass is 35.5. The van der Waals surface area contributed by atoms with Gasteiger partial charge in [0.2, 0.25) is 0 Å². The number of hydrogen-bond donors (Lipinski definition) is 1. The normalized spacial score (nSPS) is 16.9. The molecule has 0 fully saturated rings. The standard InChI is InChI=1S/C14H18ClNOS/c1-16-14(11-3-2-8-17-9-11)10-18-13-6-4-12(15)5-7-13/h4-7,9,14,16H,2-3,8,10H2,1H3. The molecular formula is C14H18ClNOS. The highest BCUT2D eigenvalue weighted by molar-refractivity contribution is 7.99. The van der Waals surface area contributed by atoms with Crippen molar-refractivity contribution in [2.45, 2.75) is 23.8 Å². The summed E-state index contributed by atoms with van der Waals surface area (Å²) in [5.74, 6) is 1.01. The number of thioether (sulfide) groups is 1. The smallest absolute Gasteiger partial charge is 0.0876 e. The van der Waals surface area contributed by atoms with E-state index in [4.69, 9.17) is 16.3 Å². The summed E-state index contributed by atoms with van der Waals surface area (Å²) in [6, 6.07) is 8.37. The summed E-state index contributed by atoms with van der Waals surface area (Å²) in [7, 11) is 2.00. The monoisotopic (exact) mass is 283 g/mol. The average Bonchev–Trinajstić information content (AvgIpc) is 2.43. The minimum Gasteiger partial charge on any atom is -0.501 e. The summed E-state index contributed by atoms with van der Waals surface area (Å²) in [5, 5.41) is 4.14. The van der Waals surface area contributed by atoms with Gasteiger partial charge in [-0.3, -0.25) is 0 Å². The molecule has 0 spiro atoms. The van der Waals surface area contributed by atoms with Crippen LogP contribution in [-0.2, 0) is 4.74 Å². The Balaban J connectivity index is 1.90. The van der Waals surface area contributed by atoms with Crippen LogP contribution in [0.25, 0.3) is 0 Å². The van der Waals surface area contributed by atoms with Crippen molar-refractivity contribution >= 4 is 23.4 Å². The summed E-state index contributed by atoms with van der Waals surface area (Å²) in [5.41, 5.74) is 1.37. The first-order valence-corrected chi connectivity index (χ1v) is 7.52. The molecular weight excluding hydrogens is 266 g/mol. The third-order valence-corrected chi connectivity index (χ3v) is 4.35. The lowest BCUT2D eigenvalue weighted by Crippen LogP contribution is -2.31. The maximum atomic E-state index is 5.88. The van der Waals surface area contributed by atoms with E-state index in [-0.39, 0.29) is 0 Å². The van der Waals surface area contributed by atoms with Gasteiger partial charge >= 0.3 is 0 Å². The van der Waals surface area contributed by atoms with Crippen LogP contribution in [-0.4, -0.2) is 25.4 Å². The number of benzene rings is 1. The lowest BCUT2D eigenvalue weighted by molar-refractivity contribution is 0.221. The Bertz CT molecular complexity index is 405. The SMILES string of the molecule is CNC(CSc1ccc(Cl)cc1)C1=COCCC1. The molecule has 1 aliphatic rings. The van der Waals surface area contributed by atoms with E-state index in [1.807, 2.05) is 37.2 Å². The van der Waals surface area contributed by atoms with Gasteiger partial charge in [0.05, 0.1) is 12.9 Å². The van der Waals surface area contributed by atoms with Crippen molar-refractivity contribution < 1.29 is 4.74 Å². The van der Waals surface area contributed by atoms with Crippen LogP contribution < -0.4 is 5.32 Å². The van der Waals surface area contributed by atoms with Gasteiger partial charge in [-0.05, 0) is 49.7 Å². The summed E-state index contributed by atoms with van der Waals surface area (Å²) in [6.07, 6.45) is 4.18. The lowest BCUT2D eigenvalue weighted by Gasteiger charge is -2.22. The van der Waals surface area contributed by atoms with Crippen LogP contribution >= 0.6 is 23.4 Å². The van der Waals surface area contributed by atoms with Crippen LogP contribution in [0.15, 0.2) is 41.0 Å². The highest BCUT2D eigenvalue weighted by Gasteiger charge is 2.15. The molecule has 4 heteroatoms. The van der Waals surface area contributed by atoms with Crippen molar-refractivity contribution in [3.05, 3.63) is 41.1 Å². The Morgan fingerprint density at radius 2 is 2.17 bits per heavy atom. The van der Waals surface area contributed by atoms with Crippen LogP contribution in [0.1, 0.15) is 12.8 Å². The van der Waals surface area contributed by atoms with Crippen LogP contribution in [0, 0.1) is 0 Å². The lowest BCUT2D eigenvalue weighted by atomic mass is 10.0. The second-order valence-electron chi connectivity index (χ2n) is 4.27. The van der Waals surface area contributed by atoms with Crippen molar-refractivity contribution in [3.63, 3.8) is 0 Å². The molecule has 1 heterocycles. The minimum atomic E-state index is 0.381. The van der Waals surface area contributed by atoms with E-state index in [1.165, 1.54) is 10.5 Å². The fraction of sp³-hybridized carbons (Fsp3) is 0.429. The molecule has 0 aromatic heterocycles. The molecule has 0 aliphatic carbocycles. The van der Waals surface area contributed by atoms with Crippen molar-refractivity contribution in [1.82, 2.24) is 5.32 Å². The number of halogens is 1. The van der Waals surface area contributed by atoms with E-state index in [1.54, 1.807) is 0 Å². The van der Waals surface area contributed by atoms with Crippen LogP contribution in [0.5, 0.6) is 0 Å². The minimum absolute atomic E-state index is 0.381. The van der Waals surface area contributed by atoms with Gasteiger partial charge in [0, 0.05) is 21.7 Å². The van der Waals surface area contributed by atoms with E-state index >= 15 is 0 Å². The first-order chi connectivity index (χ1) is 8.79. The van der Waals surface area contributed by atoms with Gasteiger partial charge in [-0.2, -0.15) is 0 Å². The fourth-order valence-electron chi connectivity index (χ4n) is 1.93. The molecule has 0 saturated carbocycles. The van der Waals surface area contributed by atoms with Crippen LogP contribution in [0.3, 0.4) is 0 Å². The quantitative estimate of drug-likeness (QED) is 0.833. The summed E-state index contributed by atoms with van der Waals surface area (Å²) in [4.78, 5) is 1.25. The van der Waals surface area contributed by atoms with E-state index in [2.05, 4.69) is 17.4 Å². The number of rotatable bonds is 5. The van der Waals surface area contributed by atoms with Gasteiger partial charge < -0.3 is 10.1 Å². The average molecular weight is 284 g/mol. The molecule has 1 atom stereocenters. The van der Waals surface area contributed by atoms with Gasteiger partial charge in [-0.1, -0.05) is 11.6 Å². The number of ether oxygens (including phenoxy) is 1.